The van der Waals surface area contributed by atoms with Gasteiger partial charge in [-0.15, -0.1) is 5.10 Å². The Labute approximate surface area is 108 Å². The number of hydrogen-bond donors (Lipinski definition) is 2. The number of anilines is 2. The van der Waals surface area contributed by atoms with Gasteiger partial charge in [0, 0.05) is 20.0 Å². The predicted molar refractivity (Wildman–Crippen MR) is 66.2 cm³/mol. The van der Waals surface area contributed by atoms with Gasteiger partial charge >= 0.3 is 0 Å². The summed E-state index contributed by atoms with van der Waals surface area (Å²) in [4.78, 5) is 23.7. The lowest BCUT2D eigenvalue weighted by Crippen LogP contribution is -2.21. The second-order valence-corrected chi connectivity index (χ2v) is 3.83. The van der Waals surface area contributed by atoms with Gasteiger partial charge in [0.1, 0.15) is 12.4 Å². The SMILES string of the molecule is CC(=O)Nc1cnn(CC(=O)Nc2ccnn2C)n1. The molecule has 2 aromatic rings. The maximum atomic E-state index is 11.7. The summed E-state index contributed by atoms with van der Waals surface area (Å²) in [6.45, 7) is 1.32. The molecule has 2 heterocycles. The smallest absolute Gasteiger partial charge is 0.249 e. The van der Waals surface area contributed by atoms with E-state index in [9.17, 15) is 9.59 Å². The van der Waals surface area contributed by atoms with Crippen LogP contribution in [0.1, 0.15) is 6.92 Å². The van der Waals surface area contributed by atoms with Crippen LogP contribution >= 0.6 is 0 Å². The standard InChI is InChI=1S/C10H13N7O2/c1-7(18)13-8-5-12-17(15-8)6-10(19)14-9-3-4-11-16(9)2/h3-5H,6H2,1-2H3,(H,14,19)(H,13,15,18). The van der Waals surface area contributed by atoms with Crippen LogP contribution in [0, 0.1) is 0 Å². The van der Waals surface area contributed by atoms with Crippen molar-refractivity contribution in [2.24, 2.45) is 7.05 Å². The van der Waals surface area contributed by atoms with E-state index in [4.69, 9.17) is 0 Å². The van der Waals surface area contributed by atoms with Crippen LogP contribution in [0.4, 0.5) is 11.6 Å². The van der Waals surface area contributed by atoms with Gasteiger partial charge in [-0.3, -0.25) is 14.3 Å². The molecule has 0 aromatic carbocycles. The van der Waals surface area contributed by atoms with Crippen LogP contribution in [0.5, 0.6) is 0 Å². The fourth-order valence-corrected chi connectivity index (χ4v) is 1.42. The Morgan fingerprint density at radius 3 is 2.74 bits per heavy atom. The summed E-state index contributed by atoms with van der Waals surface area (Å²) < 4.78 is 1.54. The van der Waals surface area contributed by atoms with E-state index < -0.39 is 0 Å². The quantitative estimate of drug-likeness (QED) is 0.781. The number of nitrogens with one attached hydrogen (secondary N) is 2. The third-order valence-corrected chi connectivity index (χ3v) is 2.21. The zero-order valence-electron chi connectivity index (χ0n) is 10.5. The first kappa shape index (κ1) is 12.7. The van der Waals surface area contributed by atoms with E-state index in [1.165, 1.54) is 22.6 Å². The molecular weight excluding hydrogens is 250 g/mol. The van der Waals surface area contributed by atoms with Gasteiger partial charge in [0.25, 0.3) is 0 Å². The summed E-state index contributed by atoms with van der Waals surface area (Å²) in [6, 6.07) is 1.68. The molecule has 0 saturated heterocycles. The summed E-state index contributed by atoms with van der Waals surface area (Å²) in [5.41, 5.74) is 0. The van der Waals surface area contributed by atoms with Crippen molar-refractivity contribution in [3.63, 3.8) is 0 Å². The Morgan fingerprint density at radius 2 is 2.11 bits per heavy atom. The van der Waals surface area contributed by atoms with Crippen molar-refractivity contribution in [2.45, 2.75) is 13.5 Å². The number of rotatable bonds is 4. The lowest BCUT2D eigenvalue weighted by molar-refractivity contribution is -0.117. The summed E-state index contributed by atoms with van der Waals surface area (Å²) in [7, 11) is 1.72. The van der Waals surface area contributed by atoms with Crippen LogP contribution in [0.15, 0.2) is 18.5 Å². The van der Waals surface area contributed by atoms with Crippen LogP contribution in [-0.2, 0) is 23.2 Å². The van der Waals surface area contributed by atoms with E-state index in [-0.39, 0.29) is 18.4 Å². The zero-order chi connectivity index (χ0) is 13.8. The molecule has 2 aromatic heterocycles. The lowest BCUT2D eigenvalue weighted by atomic mass is 10.5. The first-order valence-corrected chi connectivity index (χ1v) is 5.50. The number of aryl methyl sites for hydroxylation is 1. The molecule has 0 spiro atoms. The highest BCUT2D eigenvalue weighted by Crippen LogP contribution is 2.03. The second-order valence-electron chi connectivity index (χ2n) is 3.83. The topological polar surface area (TPSA) is 107 Å². The van der Waals surface area contributed by atoms with Crippen molar-refractivity contribution in [2.75, 3.05) is 10.6 Å². The Kier molecular flexibility index (Phi) is 3.55. The number of nitrogens with zero attached hydrogens (tertiary/aromatic N) is 5. The van der Waals surface area contributed by atoms with E-state index in [1.807, 2.05) is 0 Å². The molecular formula is C10H13N7O2. The fraction of sp³-hybridized carbons (Fsp3) is 0.300. The van der Waals surface area contributed by atoms with Crippen molar-refractivity contribution in [1.29, 1.82) is 0 Å². The first-order chi connectivity index (χ1) is 9.04. The lowest BCUT2D eigenvalue weighted by Gasteiger charge is -2.04. The van der Waals surface area contributed by atoms with Crippen LogP contribution in [0.2, 0.25) is 0 Å². The molecule has 0 aliphatic heterocycles. The average molecular weight is 263 g/mol. The molecule has 2 rings (SSSR count). The predicted octanol–water partition coefficient (Wildman–Crippen LogP) is -0.391. The average Bonchev–Trinajstić information content (AvgIpc) is 2.89. The molecule has 2 amide bonds. The molecule has 2 N–H and O–H groups in total. The second kappa shape index (κ2) is 5.29. The van der Waals surface area contributed by atoms with Crippen LogP contribution in [0.3, 0.4) is 0 Å². The van der Waals surface area contributed by atoms with Crippen molar-refractivity contribution in [3.05, 3.63) is 18.5 Å². The Bertz CT molecular complexity index is 601. The molecule has 0 fully saturated rings. The normalized spacial score (nSPS) is 10.2. The van der Waals surface area contributed by atoms with Gasteiger partial charge in [-0.05, 0) is 0 Å². The van der Waals surface area contributed by atoms with Crippen molar-refractivity contribution in [1.82, 2.24) is 24.8 Å². The van der Waals surface area contributed by atoms with Crippen molar-refractivity contribution in [3.8, 4) is 0 Å². The van der Waals surface area contributed by atoms with Crippen LogP contribution in [-0.4, -0.2) is 36.6 Å². The van der Waals surface area contributed by atoms with Gasteiger partial charge < -0.3 is 10.6 Å². The van der Waals surface area contributed by atoms with E-state index in [0.717, 1.165) is 0 Å². The highest BCUT2D eigenvalue weighted by molar-refractivity contribution is 5.89. The molecule has 0 aliphatic carbocycles. The molecule has 100 valence electrons. The monoisotopic (exact) mass is 263 g/mol. The fourth-order valence-electron chi connectivity index (χ4n) is 1.42. The van der Waals surface area contributed by atoms with E-state index >= 15 is 0 Å². The van der Waals surface area contributed by atoms with E-state index in [0.29, 0.717) is 11.6 Å². The summed E-state index contributed by atoms with van der Waals surface area (Å²) in [6.07, 6.45) is 2.95. The number of amides is 2. The molecule has 0 aliphatic rings. The summed E-state index contributed by atoms with van der Waals surface area (Å²) in [5, 5.41) is 16.9. The third-order valence-electron chi connectivity index (χ3n) is 2.21. The number of carbonyl (C=O) groups is 2. The maximum Gasteiger partial charge on any atom is 0.249 e. The minimum atomic E-state index is -0.284. The Hall–Kier alpha value is -2.71. The molecule has 9 heteroatoms. The van der Waals surface area contributed by atoms with Gasteiger partial charge in [-0.2, -0.15) is 15.0 Å². The number of carbonyl (C=O) groups excluding carboxylic acids is 2. The number of aromatic nitrogens is 5. The largest absolute Gasteiger partial charge is 0.309 e. The third kappa shape index (κ3) is 3.37. The van der Waals surface area contributed by atoms with Crippen molar-refractivity contribution < 1.29 is 9.59 Å². The number of hydrogen-bond acceptors (Lipinski definition) is 5. The molecule has 0 saturated carbocycles. The minimum absolute atomic E-state index is 0.0508. The Morgan fingerprint density at radius 1 is 1.32 bits per heavy atom. The molecule has 0 atom stereocenters. The van der Waals surface area contributed by atoms with Crippen LogP contribution < -0.4 is 10.6 Å². The van der Waals surface area contributed by atoms with E-state index in [2.05, 4.69) is 25.9 Å². The molecule has 0 bridgehead atoms. The zero-order valence-corrected chi connectivity index (χ0v) is 10.5. The highest BCUT2D eigenvalue weighted by Gasteiger charge is 2.08. The molecule has 0 radical (unpaired) electrons. The molecule has 9 nitrogen and oxygen atoms in total. The van der Waals surface area contributed by atoms with Gasteiger partial charge in [0.15, 0.2) is 5.82 Å². The van der Waals surface area contributed by atoms with Gasteiger partial charge in [0.2, 0.25) is 11.8 Å². The summed E-state index contributed by atoms with van der Waals surface area (Å²) in [5.74, 6) is 0.361. The van der Waals surface area contributed by atoms with Gasteiger partial charge in [0.05, 0.1) is 12.4 Å². The molecule has 19 heavy (non-hydrogen) atoms. The minimum Gasteiger partial charge on any atom is -0.309 e. The van der Waals surface area contributed by atoms with Gasteiger partial charge in [-0.25, -0.2) is 0 Å². The highest BCUT2D eigenvalue weighted by atomic mass is 16.2. The Balaban J connectivity index is 1.94. The van der Waals surface area contributed by atoms with Crippen molar-refractivity contribution >= 4 is 23.5 Å². The maximum absolute atomic E-state index is 11.7. The molecule has 0 unspecified atom stereocenters. The van der Waals surface area contributed by atoms with Crippen LogP contribution in [0.25, 0.3) is 0 Å². The first-order valence-electron chi connectivity index (χ1n) is 5.50. The van der Waals surface area contributed by atoms with Gasteiger partial charge in [-0.1, -0.05) is 0 Å². The summed E-state index contributed by atoms with van der Waals surface area (Å²) >= 11 is 0. The van der Waals surface area contributed by atoms with E-state index in [1.54, 1.807) is 19.3 Å².